The van der Waals surface area contributed by atoms with Crippen LogP contribution in [0.2, 0.25) is 0 Å². The van der Waals surface area contributed by atoms with Crippen LogP contribution in [0.3, 0.4) is 0 Å². The Morgan fingerprint density at radius 1 is 1.09 bits per heavy atom. The summed E-state index contributed by atoms with van der Waals surface area (Å²) in [4.78, 5) is 4.21. The van der Waals surface area contributed by atoms with E-state index in [4.69, 9.17) is 0 Å². The number of nitrogens with one attached hydrogen (secondary N) is 2. The van der Waals surface area contributed by atoms with E-state index in [9.17, 15) is 13.5 Å². The highest BCUT2D eigenvalue weighted by Gasteiger charge is 2.10. The molecule has 0 saturated carbocycles. The third-order valence-electron chi connectivity index (χ3n) is 3.27. The first-order valence-electron chi connectivity index (χ1n) is 7.34. The fourth-order valence-corrected chi connectivity index (χ4v) is 2.95. The average Bonchev–Trinajstić information content (AvgIpc) is 2.54. The molecule has 0 bridgehead atoms. The molecule has 0 radical (unpaired) electrons. The third-order valence-corrected chi connectivity index (χ3v) is 4.59. The number of aromatic hydroxyl groups is 1. The van der Waals surface area contributed by atoms with Crippen molar-refractivity contribution in [2.24, 2.45) is 0 Å². The lowest BCUT2D eigenvalue weighted by molar-refractivity contribution is 0.459. The van der Waals surface area contributed by atoms with Gasteiger partial charge in [0.05, 0.1) is 11.4 Å². The number of benzene rings is 1. The van der Waals surface area contributed by atoms with Gasteiger partial charge < -0.3 is 10.4 Å². The van der Waals surface area contributed by atoms with Crippen LogP contribution >= 0.6 is 0 Å². The van der Waals surface area contributed by atoms with E-state index in [1.54, 1.807) is 12.1 Å². The van der Waals surface area contributed by atoms with Gasteiger partial charge in [0, 0.05) is 25.3 Å². The number of pyridine rings is 1. The zero-order chi connectivity index (χ0) is 16.7. The standard InChI is InChI=1S/C16H21N3O3S/c1-13-7-8-16(20)15(19-13)12-17-9-10-23(21,22)18-11-14-5-3-2-4-6-14/h2-8,17-18,20H,9-12H2,1H3. The molecule has 124 valence electrons. The zero-order valence-electron chi connectivity index (χ0n) is 13.0. The van der Waals surface area contributed by atoms with Gasteiger partial charge in [-0.05, 0) is 24.6 Å². The monoisotopic (exact) mass is 335 g/mol. The van der Waals surface area contributed by atoms with Crippen LogP contribution in [0.4, 0.5) is 0 Å². The van der Waals surface area contributed by atoms with E-state index in [-0.39, 0.29) is 24.6 Å². The zero-order valence-corrected chi connectivity index (χ0v) is 13.8. The maximum atomic E-state index is 11.9. The van der Waals surface area contributed by atoms with E-state index in [1.807, 2.05) is 37.3 Å². The molecule has 23 heavy (non-hydrogen) atoms. The van der Waals surface area contributed by atoms with Gasteiger partial charge in [0.2, 0.25) is 10.0 Å². The first-order chi connectivity index (χ1) is 11.0. The second-order valence-corrected chi connectivity index (χ2v) is 7.15. The van der Waals surface area contributed by atoms with Crippen molar-refractivity contribution in [2.75, 3.05) is 12.3 Å². The highest BCUT2D eigenvalue weighted by atomic mass is 32.2. The second-order valence-electron chi connectivity index (χ2n) is 5.22. The molecule has 7 heteroatoms. The van der Waals surface area contributed by atoms with Crippen LogP contribution in [-0.4, -0.2) is 30.8 Å². The van der Waals surface area contributed by atoms with Crippen molar-refractivity contribution in [2.45, 2.75) is 20.0 Å². The molecule has 2 aromatic rings. The molecular weight excluding hydrogens is 314 g/mol. The first-order valence-corrected chi connectivity index (χ1v) is 8.99. The van der Waals surface area contributed by atoms with Gasteiger partial charge in [0.25, 0.3) is 0 Å². The highest BCUT2D eigenvalue weighted by molar-refractivity contribution is 7.89. The fraction of sp³-hybridized carbons (Fsp3) is 0.312. The molecule has 0 unspecified atom stereocenters. The normalized spacial score (nSPS) is 11.5. The van der Waals surface area contributed by atoms with E-state index in [0.717, 1.165) is 11.3 Å². The smallest absolute Gasteiger partial charge is 0.213 e. The van der Waals surface area contributed by atoms with Gasteiger partial charge in [0.1, 0.15) is 5.75 Å². The number of aromatic nitrogens is 1. The maximum absolute atomic E-state index is 11.9. The van der Waals surface area contributed by atoms with Crippen LogP contribution in [-0.2, 0) is 23.1 Å². The number of aryl methyl sites for hydroxylation is 1. The van der Waals surface area contributed by atoms with Crippen molar-refractivity contribution >= 4 is 10.0 Å². The molecular formula is C16H21N3O3S. The highest BCUT2D eigenvalue weighted by Crippen LogP contribution is 2.13. The molecule has 1 aromatic carbocycles. The minimum Gasteiger partial charge on any atom is -0.506 e. The second kappa shape index (κ2) is 8.05. The molecule has 0 fully saturated rings. The van der Waals surface area contributed by atoms with Gasteiger partial charge in [-0.1, -0.05) is 30.3 Å². The predicted octanol–water partition coefficient (Wildman–Crippen LogP) is 1.30. The van der Waals surface area contributed by atoms with Crippen molar-refractivity contribution in [1.82, 2.24) is 15.0 Å². The summed E-state index contributed by atoms with van der Waals surface area (Å²) in [7, 11) is -3.35. The van der Waals surface area contributed by atoms with Gasteiger partial charge in [0.15, 0.2) is 0 Å². The van der Waals surface area contributed by atoms with Crippen LogP contribution in [0, 0.1) is 6.92 Å². The molecule has 2 rings (SSSR count). The van der Waals surface area contributed by atoms with Crippen LogP contribution in [0.25, 0.3) is 0 Å². The van der Waals surface area contributed by atoms with Crippen LogP contribution in [0.5, 0.6) is 5.75 Å². The summed E-state index contributed by atoms with van der Waals surface area (Å²) in [6.45, 7) is 2.71. The Balaban J connectivity index is 1.75. The van der Waals surface area contributed by atoms with Crippen molar-refractivity contribution in [1.29, 1.82) is 0 Å². The number of hydrogen-bond acceptors (Lipinski definition) is 5. The van der Waals surface area contributed by atoms with Gasteiger partial charge in [-0.15, -0.1) is 0 Å². The van der Waals surface area contributed by atoms with Crippen molar-refractivity contribution in [3.63, 3.8) is 0 Å². The molecule has 0 saturated heterocycles. The molecule has 0 aliphatic rings. The molecule has 3 N–H and O–H groups in total. The van der Waals surface area contributed by atoms with Gasteiger partial charge >= 0.3 is 0 Å². The fourth-order valence-electron chi connectivity index (χ4n) is 2.01. The Bertz CT molecular complexity index is 733. The molecule has 0 atom stereocenters. The van der Waals surface area contributed by atoms with Crippen LogP contribution in [0.1, 0.15) is 17.0 Å². The minimum absolute atomic E-state index is 0.0353. The van der Waals surface area contributed by atoms with Gasteiger partial charge in [-0.3, -0.25) is 4.98 Å². The van der Waals surface area contributed by atoms with Crippen molar-refractivity contribution < 1.29 is 13.5 Å². The summed E-state index contributed by atoms with van der Waals surface area (Å²) < 4.78 is 26.4. The lowest BCUT2D eigenvalue weighted by atomic mass is 10.2. The van der Waals surface area contributed by atoms with E-state index >= 15 is 0 Å². The number of hydrogen-bond donors (Lipinski definition) is 3. The lowest BCUT2D eigenvalue weighted by Crippen LogP contribution is -2.31. The maximum Gasteiger partial charge on any atom is 0.213 e. The van der Waals surface area contributed by atoms with Crippen molar-refractivity contribution in [3.05, 3.63) is 59.4 Å². The van der Waals surface area contributed by atoms with Crippen LogP contribution < -0.4 is 10.0 Å². The SMILES string of the molecule is Cc1ccc(O)c(CNCCS(=O)(=O)NCc2ccccc2)n1. The van der Waals surface area contributed by atoms with Crippen LogP contribution in [0.15, 0.2) is 42.5 Å². The average molecular weight is 335 g/mol. The quantitative estimate of drug-likeness (QED) is 0.633. The Morgan fingerprint density at radius 2 is 1.83 bits per heavy atom. The lowest BCUT2D eigenvalue weighted by Gasteiger charge is -2.09. The minimum atomic E-state index is -3.35. The Hall–Kier alpha value is -1.96. The first kappa shape index (κ1) is 17.4. The molecule has 0 amide bonds. The van der Waals surface area contributed by atoms with E-state index in [1.165, 1.54) is 0 Å². The topological polar surface area (TPSA) is 91.3 Å². The molecule has 0 spiro atoms. The number of rotatable bonds is 8. The largest absolute Gasteiger partial charge is 0.506 e. The third kappa shape index (κ3) is 5.97. The van der Waals surface area contributed by atoms with Gasteiger partial charge in [-0.2, -0.15) is 0 Å². The number of sulfonamides is 1. The molecule has 1 heterocycles. The summed E-state index contributed by atoms with van der Waals surface area (Å²) in [5.41, 5.74) is 2.23. The summed E-state index contributed by atoms with van der Waals surface area (Å²) in [5.74, 6) is 0.0695. The summed E-state index contributed by atoms with van der Waals surface area (Å²) >= 11 is 0. The summed E-state index contributed by atoms with van der Waals surface area (Å²) in [6, 6.07) is 12.7. The Morgan fingerprint density at radius 3 is 2.57 bits per heavy atom. The predicted molar refractivity (Wildman–Crippen MR) is 89.4 cm³/mol. The summed E-state index contributed by atoms with van der Waals surface area (Å²) in [5, 5.41) is 12.7. The van der Waals surface area contributed by atoms with Crippen molar-refractivity contribution in [3.8, 4) is 5.75 Å². The van der Waals surface area contributed by atoms with Gasteiger partial charge in [-0.25, -0.2) is 13.1 Å². The molecule has 0 aliphatic heterocycles. The van der Waals surface area contributed by atoms with E-state index in [2.05, 4.69) is 15.0 Å². The number of nitrogens with zero attached hydrogens (tertiary/aromatic N) is 1. The summed E-state index contributed by atoms with van der Waals surface area (Å²) in [6.07, 6.45) is 0. The van der Waals surface area contributed by atoms with E-state index < -0.39 is 10.0 Å². The molecule has 6 nitrogen and oxygen atoms in total. The Labute approximate surface area is 136 Å². The molecule has 0 aliphatic carbocycles. The van der Waals surface area contributed by atoms with E-state index in [0.29, 0.717) is 12.2 Å². The molecule has 1 aromatic heterocycles. The Kier molecular flexibility index (Phi) is 6.09.